The lowest BCUT2D eigenvalue weighted by atomic mass is 10.1. The quantitative estimate of drug-likeness (QED) is 0.357. The second-order valence-electron chi connectivity index (χ2n) is 6.00. The van der Waals surface area contributed by atoms with Gasteiger partial charge in [-0.1, -0.05) is 71.1 Å². The van der Waals surface area contributed by atoms with Gasteiger partial charge in [-0.25, -0.2) is 0 Å². The van der Waals surface area contributed by atoms with Crippen LogP contribution in [-0.4, -0.2) is 24.3 Å². The van der Waals surface area contributed by atoms with Crippen LogP contribution < -0.4 is 0 Å². The van der Waals surface area contributed by atoms with E-state index in [0.29, 0.717) is 6.61 Å². The molecule has 126 valence electrons. The van der Waals surface area contributed by atoms with Crippen LogP contribution >= 0.6 is 0 Å². The van der Waals surface area contributed by atoms with Crippen LogP contribution in [0, 0.1) is 0 Å². The number of rotatable bonds is 17. The van der Waals surface area contributed by atoms with E-state index in [1.807, 2.05) is 0 Å². The Kier molecular flexibility index (Phi) is 17.0. The molecule has 0 aromatic carbocycles. The van der Waals surface area contributed by atoms with Gasteiger partial charge in [0.1, 0.15) is 0 Å². The lowest BCUT2D eigenvalue weighted by Gasteiger charge is -2.04. The second kappa shape index (κ2) is 17.5. The third kappa shape index (κ3) is 19.4. The predicted octanol–water partition coefficient (Wildman–Crippen LogP) is 5.57. The Bertz CT molecular complexity index is 217. The molecule has 0 rings (SSSR count). The van der Waals surface area contributed by atoms with Gasteiger partial charge < -0.3 is 9.84 Å². The number of unbranched alkanes of at least 4 members (excludes halogenated alkanes) is 11. The molecule has 0 saturated carbocycles. The van der Waals surface area contributed by atoms with Gasteiger partial charge in [0.05, 0.1) is 0 Å². The average Bonchev–Trinajstić information content (AvgIpc) is 2.46. The van der Waals surface area contributed by atoms with E-state index in [1.54, 1.807) is 0 Å². The molecule has 0 bridgehead atoms. The number of carboxylic acids is 1. The number of carboxylic acid groups (broad SMARTS) is 1. The lowest BCUT2D eigenvalue weighted by Crippen LogP contribution is -1.99. The molecule has 0 heterocycles. The van der Waals surface area contributed by atoms with Crippen molar-refractivity contribution in [3.8, 4) is 0 Å². The Labute approximate surface area is 131 Å². The summed E-state index contributed by atoms with van der Waals surface area (Å²) < 4.78 is 5.51. The van der Waals surface area contributed by atoms with Gasteiger partial charge in [-0.15, -0.1) is 0 Å². The first-order chi connectivity index (χ1) is 10.3. The van der Waals surface area contributed by atoms with Crippen molar-refractivity contribution < 1.29 is 14.6 Å². The van der Waals surface area contributed by atoms with Crippen LogP contribution in [0.3, 0.4) is 0 Å². The van der Waals surface area contributed by atoms with E-state index in [1.165, 1.54) is 64.2 Å². The molecule has 0 spiro atoms. The van der Waals surface area contributed by atoms with Crippen molar-refractivity contribution in [3.05, 3.63) is 0 Å². The molecule has 21 heavy (non-hydrogen) atoms. The van der Waals surface area contributed by atoms with Crippen LogP contribution in [0.5, 0.6) is 0 Å². The first-order valence-corrected chi connectivity index (χ1v) is 9.07. The zero-order valence-electron chi connectivity index (χ0n) is 14.1. The predicted molar refractivity (Wildman–Crippen MR) is 88.8 cm³/mol. The van der Waals surface area contributed by atoms with Crippen LogP contribution in [-0.2, 0) is 9.53 Å². The van der Waals surface area contributed by atoms with Crippen molar-refractivity contribution in [2.75, 3.05) is 13.2 Å². The molecule has 0 aliphatic carbocycles. The molecule has 0 saturated heterocycles. The summed E-state index contributed by atoms with van der Waals surface area (Å²) in [6, 6.07) is 0. The third-order valence-corrected chi connectivity index (χ3v) is 3.82. The summed E-state index contributed by atoms with van der Waals surface area (Å²) in [5.74, 6) is -0.708. The van der Waals surface area contributed by atoms with E-state index in [2.05, 4.69) is 6.92 Å². The first kappa shape index (κ1) is 20.4. The van der Waals surface area contributed by atoms with Gasteiger partial charge in [0.15, 0.2) is 0 Å². The van der Waals surface area contributed by atoms with E-state index >= 15 is 0 Å². The number of hydrogen-bond donors (Lipinski definition) is 1. The molecule has 0 aromatic heterocycles. The van der Waals surface area contributed by atoms with Crippen molar-refractivity contribution in [2.24, 2.45) is 0 Å². The highest BCUT2D eigenvalue weighted by molar-refractivity contribution is 5.66. The molecule has 0 aliphatic rings. The molecular weight excluding hydrogens is 264 g/mol. The van der Waals surface area contributed by atoms with Crippen LogP contribution in [0.1, 0.15) is 96.8 Å². The van der Waals surface area contributed by atoms with E-state index in [0.717, 1.165) is 25.9 Å². The lowest BCUT2D eigenvalue weighted by molar-refractivity contribution is -0.137. The van der Waals surface area contributed by atoms with Crippen molar-refractivity contribution >= 4 is 5.97 Å². The van der Waals surface area contributed by atoms with Crippen LogP contribution in [0.25, 0.3) is 0 Å². The molecular formula is C18H36O3. The third-order valence-electron chi connectivity index (χ3n) is 3.82. The minimum atomic E-state index is -0.708. The van der Waals surface area contributed by atoms with Crippen LogP contribution in [0.2, 0.25) is 0 Å². The summed E-state index contributed by atoms with van der Waals surface area (Å²) in [5.41, 5.74) is 0. The molecule has 3 heteroatoms. The minimum absolute atomic E-state index is 0.266. The monoisotopic (exact) mass is 300 g/mol. The van der Waals surface area contributed by atoms with Crippen molar-refractivity contribution in [1.82, 2.24) is 0 Å². The average molecular weight is 300 g/mol. The Morgan fingerprint density at radius 1 is 0.714 bits per heavy atom. The molecule has 3 nitrogen and oxygen atoms in total. The molecule has 0 fully saturated rings. The molecule has 0 aromatic rings. The smallest absolute Gasteiger partial charge is 0.303 e. The Hall–Kier alpha value is -0.570. The van der Waals surface area contributed by atoms with Crippen molar-refractivity contribution in [3.63, 3.8) is 0 Å². The summed E-state index contributed by atoms with van der Waals surface area (Å²) in [5, 5.41) is 8.49. The zero-order chi connectivity index (χ0) is 15.6. The summed E-state index contributed by atoms with van der Waals surface area (Å²) in [7, 11) is 0. The molecule has 0 amide bonds. The summed E-state index contributed by atoms with van der Waals surface area (Å²) in [6.07, 6.45) is 16.8. The fourth-order valence-electron chi connectivity index (χ4n) is 2.45. The number of ether oxygens (including phenoxy) is 1. The highest BCUT2D eigenvalue weighted by Crippen LogP contribution is 2.11. The Balaban J connectivity index is 2.95. The summed E-state index contributed by atoms with van der Waals surface area (Å²) >= 11 is 0. The topological polar surface area (TPSA) is 46.5 Å². The first-order valence-electron chi connectivity index (χ1n) is 9.07. The zero-order valence-corrected chi connectivity index (χ0v) is 14.1. The number of hydrogen-bond acceptors (Lipinski definition) is 2. The Morgan fingerprint density at radius 3 is 1.62 bits per heavy atom. The molecule has 0 aliphatic heterocycles. The molecule has 1 N–H and O–H groups in total. The standard InChI is InChI=1S/C18H36O3/c1-2-3-4-5-6-7-8-9-10-11-13-16-21-17-14-12-15-18(19)20/h2-17H2,1H3,(H,19,20). The van der Waals surface area contributed by atoms with Gasteiger partial charge in [-0.3, -0.25) is 4.79 Å². The van der Waals surface area contributed by atoms with Gasteiger partial charge in [-0.2, -0.15) is 0 Å². The molecule has 0 atom stereocenters. The van der Waals surface area contributed by atoms with Gasteiger partial charge in [-0.05, 0) is 19.3 Å². The maximum Gasteiger partial charge on any atom is 0.303 e. The summed E-state index contributed by atoms with van der Waals surface area (Å²) in [6.45, 7) is 3.81. The second-order valence-corrected chi connectivity index (χ2v) is 6.00. The minimum Gasteiger partial charge on any atom is -0.481 e. The normalized spacial score (nSPS) is 10.9. The van der Waals surface area contributed by atoms with E-state index in [9.17, 15) is 4.79 Å². The van der Waals surface area contributed by atoms with Gasteiger partial charge in [0.25, 0.3) is 0 Å². The van der Waals surface area contributed by atoms with Gasteiger partial charge in [0, 0.05) is 19.6 Å². The van der Waals surface area contributed by atoms with E-state index in [4.69, 9.17) is 9.84 Å². The van der Waals surface area contributed by atoms with Gasteiger partial charge >= 0.3 is 5.97 Å². The van der Waals surface area contributed by atoms with Crippen LogP contribution in [0.4, 0.5) is 0 Å². The molecule has 0 radical (unpaired) electrons. The SMILES string of the molecule is CCCCCCCCCCCCCOCCCCC(=O)O. The van der Waals surface area contributed by atoms with Crippen LogP contribution in [0.15, 0.2) is 0 Å². The van der Waals surface area contributed by atoms with Crippen molar-refractivity contribution in [2.45, 2.75) is 96.8 Å². The van der Waals surface area contributed by atoms with Crippen molar-refractivity contribution in [1.29, 1.82) is 0 Å². The maximum atomic E-state index is 10.3. The number of aliphatic carboxylic acids is 1. The number of carbonyl (C=O) groups is 1. The van der Waals surface area contributed by atoms with E-state index in [-0.39, 0.29) is 6.42 Å². The Morgan fingerprint density at radius 2 is 1.14 bits per heavy atom. The summed E-state index contributed by atoms with van der Waals surface area (Å²) in [4.78, 5) is 10.3. The van der Waals surface area contributed by atoms with Gasteiger partial charge in [0.2, 0.25) is 0 Å². The highest BCUT2D eigenvalue weighted by atomic mass is 16.5. The van der Waals surface area contributed by atoms with E-state index < -0.39 is 5.97 Å². The maximum absolute atomic E-state index is 10.3. The fraction of sp³-hybridized carbons (Fsp3) is 0.944. The largest absolute Gasteiger partial charge is 0.481 e. The fourth-order valence-corrected chi connectivity index (χ4v) is 2.45. The highest BCUT2D eigenvalue weighted by Gasteiger charge is 1.96. The molecule has 0 unspecified atom stereocenters.